The molecule has 1 amide bonds. The van der Waals surface area contributed by atoms with Crippen molar-refractivity contribution < 1.29 is 33.6 Å². The number of amides is 1. The molecule has 1 aliphatic carbocycles. The van der Waals surface area contributed by atoms with Crippen LogP contribution >= 0.6 is 0 Å². The molecule has 9 heteroatoms. The monoisotopic (exact) mass is 606 g/mol. The highest BCUT2D eigenvalue weighted by Crippen LogP contribution is 2.32. The number of methoxy groups -OCH3 is 3. The van der Waals surface area contributed by atoms with Gasteiger partial charge in [0.05, 0.1) is 26.9 Å². The molecule has 1 aromatic carbocycles. The molecule has 1 unspecified atom stereocenters. The number of carbonyl (C=O) groups is 2. The van der Waals surface area contributed by atoms with Crippen molar-refractivity contribution in [2.45, 2.75) is 104 Å². The molecule has 0 aliphatic heterocycles. The molecule has 5 atom stereocenters. The zero-order valence-corrected chi connectivity index (χ0v) is 27.6. The lowest BCUT2D eigenvalue weighted by Crippen LogP contribution is -2.50. The molecular weight excluding hydrogens is 548 g/mol. The van der Waals surface area contributed by atoms with Gasteiger partial charge in [0.25, 0.3) is 0 Å². The molecule has 1 saturated carbocycles. The van der Waals surface area contributed by atoms with Crippen molar-refractivity contribution >= 4 is 11.9 Å². The van der Waals surface area contributed by atoms with Crippen LogP contribution in [0.5, 0.6) is 11.5 Å². The number of nitrogens with two attached hydrogens (primary N) is 1. The van der Waals surface area contributed by atoms with Crippen LogP contribution < -0.4 is 20.5 Å². The van der Waals surface area contributed by atoms with Gasteiger partial charge in [-0.1, -0.05) is 53.0 Å². The molecule has 1 aromatic rings. The summed E-state index contributed by atoms with van der Waals surface area (Å²) in [5.41, 5.74) is 7.71. The fourth-order valence-electron chi connectivity index (χ4n) is 6.09. The summed E-state index contributed by atoms with van der Waals surface area (Å²) in [6.45, 7) is 9.42. The van der Waals surface area contributed by atoms with Gasteiger partial charge in [-0.05, 0) is 73.5 Å². The van der Waals surface area contributed by atoms with Gasteiger partial charge < -0.3 is 35.1 Å². The summed E-state index contributed by atoms with van der Waals surface area (Å²) in [7, 11) is 4.66. The SMILES string of the molecule is COCCCOc1cc(C[C@@H](C[C@H](N)[C@@H](O)C[C@H](C(=O)NC(C(=O)OC)C2CCCCC2)C(C)C)C(C)C)ccc1OC. The van der Waals surface area contributed by atoms with Crippen LogP contribution in [0.2, 0.25) is 0 Å². The molecule has 0 bridgehead atoms. The minimum absolute atomic E-state index is 0.0333. The standard InChI is InChI=1S/C34H58N2O7/c1-22(2)26(18-24-14-15-30(41-6)31(19-24)43-17-11-16-40-5)20-28(35)29(37)21-27(23(3)4)33(38)36-32(34(39)42-7)25-12-9-8-10-13-25/h14-15,19,22-23,25-29,32,37H,8-13,16-18,20-21,35H2,1-7H3,(H,36,38)/t26-,27-,28-,29-,32?/m0/s1. The molecule has 0 heterocycles. The van der Waals surface area contributed by atoms with Crippen LogP contribution in [0, 0.1) is 29.6 Å². The highest BCUT2D eigenvalue weighted by atomic mass is 16.5. The molecule has 0 radical (unpaired) electrons. The van der Waals surface area contributed by atoms with Gasteiger partial charge >= 0.3 is 5.97 Å². The highest BCUT2D eigenvalue weighted by Gasteiger charge is 2.36. The second-order valence-electron chi connectivity index (χ2n) is 12.8. The van der Waals surface area contributed by atoms with E-state index in [1.165, 1.54) is 7.11 Å². The fraction of sp³-hybridized carbons (Fsp3) is 0.765. The number of esters is 1. The van der Waals surface area contributed by atoms with Gasteiger partial charge in [-0.15, -0.1) is 0 Å². The first kappa shape index (κ1) is 36.8. The van der Waals surface area contributed by atoms with Gasteiger partial charge in [0.2, 0.25) is 5.91 Å². The Labute approximate surface area is 259 Å². The topological polar surface area (TPSA) is 129 Å². The van der Waals surface area contributed by atoms with Crippen molar-refractivity contribution in [3.8, 4) is 11.5 Å². The van der Waals surface area contributed by atoms with Crippen molar-refractivity contribution in [1.29, 1.82) is 0 Å². The van der Waals surface area contributed by atoms with Crippen LogP contribution in [0.25, 0.3) is 0 Å². The van der Waals surface area contributed by atoms with Crippen LogP contribution in [0.3, 0.4) is 0 Å². The van der Waals surface area contributed by atoms with Crippen molar-refractivity contribution in [2.75, 3.05) is 34.5 Å². The van der Waals surface area contributed by atoms with Crippen LogP contribution in [0.1, 0.15) is 84.6 Å². The largest absolute Gasteiger partial charge is 0.493 e. The Morgan fingerprint density at radius 1 is 0.977 bits per heavy atom. The van der Waals surface area contributed by atoms with E-state index in [4.69, 9.17) is 24.7 Å². The minimum Gasteiger partial charge on any atom is -0.493 e. The molecule has 0 aromatic heterocycles. The number of rotatable bonds is 19. The molecule has 0 saturated heterocycles. The number of carbonyl (C=O) groups excluding carboxylic acids is 2. The maximum absolute atomic E-state index is 13.5. The smallest absolute Gasteiger partial charge is 0.328 e. The van der Waals surface area contributed by atoms with Crippen molar-refractivity contribution in [1.82, 2.24) is 5.32 Å². The zero-order valence-electron chi connectivity index (χ0n) is 27.6. The van der Waals surface area contributed by atoms with E-state index in [0.29, 0.717) is 37.1 Å². The molecule has 43 heavy (non-hydrogen) atoms. The second-order valence-corrected chi connectivity index (χ2v) is 12.8. The van der Waals surface area contributed by atoms with Gasteiger partial charge in [0.15, 0.2) is 11.5 Å². The Bertz CT molecular complexity index is 964. The number of hydrogen-bond donors (Lipinski definition) is 3. The Morgan fingerprint density at radius 2 is 1.67 bits per heavy atom. The first-order chi connectivity index (χ1) is 20.5. The molecule has 4 N–H and O–H groups in total. The van der Waals surface area contributed by atoms with Gasteiger partial charge in [0.1, 0.15) is 6.04 Å². The van der Waals surface area contributed by atoms with E-state index in [0.717, 1.165) is 50.5 Å². The Kier molecular flexibility index (Phi) is 16.4. The average molecular weight is 607 g/mol. The maximum atomic E-state index is 13.5. The average Bonchev–Trinajstić information content (AvgIpc) is 3.00. The predicted octanol–water partition coefficient (Wildman–Crippen LogP) is 4.90. The third-order valence-corrected chi connectivity index (χ3v) is 9.00. The first-order valence-corrected chi connectivity index (χ1v) is 16.1. The normalized spacial score (nSPS) is 17.7. The first-order valence-electron chi connectivity index (χ1n) is 16.1. The van der Waals surface area contributed by atoms with E-state index in [1.54, 1.807) is 14.2 Å². The van der Waals surface area contributed by atoms with Gasteiger partial charge in [-0.25, -0.2) is 4.79 Å². The van der Waals surface area contributed by atoms with E-state index >= 15 is 0 Å². The van der Waals surface area contributed by atoms with E-state index in [1.807, 2.05) is 32.0 Å². The Balaban J connectivity index is 2.07. The number of nitrogens with one attached hydrogen (secondary N) is 1. The lowest BCUT2D eigenvalue weighted by molar-refractivity contribution is -0.148. The van der Waals surface area contributed by atoms with E-state index < -0.39 is 30.1 Å². The third kappa shape index (κ3) is 11.9. The van der Waals surface area contributed by atoms with Gasteiger partial charge in [-0.3, -0.25) is 4.79 Å². The fourth-order valence-corrected chi connectivity index (χ4v) is 6.09. The Morgan fingerprint density at radius 3 is 2.26 bits per heavy atom. The molecule has 1 aliphatic rings. The summed E-state index contributed by atoms with van der Waals surface area (Å²) in [5.74, 6) is 0.861. The van der Waals surface area contributed by atoms with Crippen molar-refractivity contribution in [3.63, 3.8) is 0 Å². The summed E-state index contributed by atoms with van der Waals surface area (Å²) in [6, 6.07) is 4.83. The quantitative estimate of drug-likeness (QED) is 0.150. The molecule has 2 rings (SSSR count). The Hall–Kier alpha value is -2.36. The number of ether oxygens (including phenoxy) is 4. The molecule has 0 spiro atoms. The molecule has 246 valence electrons. The molecule has 9 nitrogen and oxygen atoms in total. The third-order valence-electron chi connectivity index (χ3n) is 9.00. The molecule has 1 fully saturated rings. The van der Waals surface area contributed by atoms with Crippen molar-refractivity contribution in [2.24, 2.45) is 35.3 Å². The van der Waals surface area contributed by atoms with Gasteiger partial charge in [0, 0.05) is 32.1 Å². The summed E-state index contributed by atoms with van der Waals surface area (Å²) >= 11 is 0. The van der Waals surface area contributed by atoms with Gasteiger partial charge in [-0.2, -0.15) is 0 Å². The number of aliphatic hydroxyl groups excluding tert-OH is 1. The van der Waals surface area contributed by atoms with Crippen molar-refractivity contribution in [3.05, 3.63) is 23.8 Å². The van der Waals surface area contributed by atoms with Crippen LogP contribution in [0.4, 0.5) is 0 Å². The van der Waals surface area contributed by atoms with E-state index in [-0.39, 0.29) is 30.1 Å². The zero-order chi connectivity index (χ0) is 31.9. The number of benzene rings is 1. The second kappa shape index (κ2) is 19.1. The highest BCUT2D eigenvalue weighted by molar-refractivity contribution is 5.86. The minimum atomic E-state index is -0.860. The molecular formula is C34H58N2O7. The number of aliphatic hydroxyl groups is 1. The van der Waals surface area contributed by atoms with Crippen LogP contribution in [0.15, 0.2) is 18.2 Å². The van der Waals surface area contributed by atoms with E-state index in [2.05, 4.69) is 19.2 Å². The van der Waals surface area contributed by atoms with E-state index in [9.17, 15) is 14.7 Å². The predicted molar refractivity (Wildman–Crippen MR) is 169 cm³/mol. The van der Waals surface area contributed by atoms with Crippen LogP contribution in [-0.4, -0.2) is 69.7 Å². The number of hydrogen-bond acceptors (Lipinski definition) is 8. The summed E-state index contributed by atoms with van der Waals surface area (Å²) in [6.07, 6.45) is 6.56. The lowest BCUT2D eigenvalue weighted by Gasteiger charge is -2.32. The maximum Gasteiger partial charge on any atom is 0.328 e. The lowest BCUT2D eigenvalue weighted by atomic mass is 9.80. The summed E-state index contributed by atoms with van der Waals surface area (Å²) < 4.78 is 21.6. The summed E-state index contributed by atoms with van der Waals surface area (Å²) in [4.78, 5) is 26.1. The summed E-state index contributed by atoms with van der Waals surface area (Å²) in [5, 5.41) is 14.2. The van der Waals surface area contributed by atoms with Crippen LogP contribution in [-0.2, 0) is 25.5 Å².